The van der Waals surface area contributed by atoms with E-state index >= 15 is 0 Å². The first-order valence-electron chi connectivity index (χ1n) is 9.43. The minimum absolute atomic E-state index is 0.0828. The van der Waals surface area contributed by atoms with E-state index in [-0.39, 0.29) is 17.6 Å². The van der Waals surface area contributed by atoms with E-state index in [0.717, 1.165) is 12.8 Å². The highest BCUT2D eigenvalue weighted by molar-refractivity contribution is 6.06. The molecule has 1 fully saturated rings. The minimum atomic E-state index is -1.00. The Morgan fingerprint density at radius 2 is 1.66 bits per heavy atom. The lowest BCUT2D eigenvalue weighted by atomic mass is 10.0. The van der Waals surface area contributed by atoms with E-state index in [1.54, 1.807) is 42.5 Å². The third-order valence-corrected chi connectivity index (χ3v) is 4.97. The third kappa shape index (κ3) is 4.68. The number of hydrogen-bond donors (Lipinski definition) is 2. The predicted molar refractivity (Wildman–Crippen MR) is 107 cm³/mol. The van der Waals surface area contributed by atoms with Crippen molar-refractivity contribution in [3.8, 4) is 0 Å². The fourth-order valence-corrected chi connectivity index (χ4v) is 3.39. The Kier molecular flexibility index (Phi) is 6.07. The number of ketones is 1. The smallest absolute Gasteiger partial charge is 0.326 e. The Bertz CT molecular complexity index is 952. The van der Waals surface area contributed by atoms with Crippen LogP contribution in [0, 0.1) is 0 Å². The highest BCUT2D eigenvalue weighted by Crippen LogP contribution is 2.21. The van der Waals surface area contributed by atoms with Crippen LogP contribution in [0.4, 0.5) is 5.69 Å². The number of carboxylic acid groups (broad SMARTS) is 1. The zero-order valence-corrected chi connectivity index (χ0v) is 16.1. The average Bonchev–Trinajstić information content (AvgIpc) is 2.73. The normalized spacial score (nSPS) is 16.2. The van der Waals surface area contributed by atoms with E-state index in [1.807, 2.05) is 0 Å². The SMILES string of the molecule is CC(=O)c1ccc(C(=O)Nc2cccc(C(=O)N3CCCCC3C(=O)O)c2)cc1. The number of rotatable bonds is 5. The molecule has 7 heteroatoms. The van der Waals surface area contributed by atoms with Crippen LogP contribution < -0.4 is 5.32 Å². The fraction of sp³-hybridized carbons (Fsp3) is 0.273. The largest absolute Gasteiger partial charge is 0.480 e. The molecule has 0 bridgehead atoms. The van der Waals surface area contributed by atoms with Crippen molar-refractivity contribution in [3.05, 3.63) is 65.2 Å². The lowest BCUT2D eigenvalue weighted by Gasteiger charge is -2.33. The van der Waals surface area contributed by atoms with E-state index in [9.17, 15) is 24.3 Å². The number of anilines is 1. The maximum Gasteiger partial charge on any atom is 0.326 e. The monoisotopic (exact) mass is 394 g/mol. The third-order valence-electron chi connectivity index (χ3n) is 4.97. The molecule has 29 heavy (non-hydrogen) atoms. The molecule has 3 rings (SSSR count). The van der Waals surface area contributed by atoms with Crippen LogP contribution in [0.3, 0.4) is 0 Å². The number of hydrogen-bond acceptors (Lipinski definition) is 4. The topological polar surface area (TPSA) is 104 Å². The van der Waals surface area contributed by atoms with Crippen molar-refractivity contribution in [3.63, 3.8) is 0 Å². The summed E-state index contributed by atoms with van der Waals surface area (Å²) in [6.45, 7) is 1.85. The van der Waals surface area contributed by atoms with E-state index < -0.39 is 12.0 Å². The number of carbonyl (C=O) groups excluding carboxylic acids is 3. The first-order chi connectivity index (χ1) is 13.9. The molecular weight excluding hydrogens is 372 g/mol. The number of benzene rings is 2. The van der Waals surface area contributed by atoms with Gasteiger partial charge < -0.3 is 15.3 Å². The van der Waals surface area contributed by atoms with Gasteiger partial charge >= 0.3 is 5.97 Å². The molecule has 0 aliphatic carbocycles. The zero-order valence-electron chi connectivity index (χ0n) is 16.1. The summed E-state index contributed by atoms with van der Waals surface area (Å²) in [7, 11) is 0. The van der Waals surface area contributed by atoms with Crippen LogP contribution >= 0.6 is 0 Å². The summed E-state index contributed by atoms with van der Waals surface area (Å²) in [5, 5.41) is 12.1. The first kappa shape index (κ1) is 20.3. The number of amides is 2. The van der Waals surface area contributed by atoms with E-state index in [2.05, 4.69) is 5.32 Å². The molecule has 0 radical (unpaired) electrons. The highest BCUT2D eigenvalue weighted by atomic mass is 16.4. The van der Waals surface area contributed by atoms with E-state index in [4.69, 9.17) is 0 Å². The van der Waals surface area contributed by atoms with Crippen molar-refractivity contribution < 1.29 is 24.3 Å². The van der Waals surface area contributed by atoms with E-state index in [0.29, 0.717) is 35.3 Å². The molecular formula is C22H22N2O5. The van der Waals surface area contributed by atoms with Crippen molar-refractivity contribution in [2.45, 2.75) is 32.2 Å². The highest BCUT2D eigenvalue weighted by Gasteiger charge is 2.32. The molecule has 0 saturated carbocycles. The van der Waals surface area contributed by atoms with Gasteiger partial charge in [-0.3, -0.25) is 14.4 Å². The lowest BCUT2D eigenvalue weighted by Crippen LogP contribution is -2.48. The molecule has 7 nitrogen and oxygen atoms in total. The molecule has 1 heterocycles. The molecule has 2 amide bonds. The van der Waals surface area contributed by atoms with Gasteiger partial charge in [0.1, 0.15) is 6.04 Å². The molecule has 2 aromatic rings. The second-order valence-electron chi connectivity index (χ2n) is 7.02. The second-order valence-corrected chi connectivity index (χ2v) is 7.02. The molecule has 1 saturated heterocycles. The molecule has 0 spiro atoms. The fourth-order valence-electron chi connectivity index (χ4n) is 3.39. The molecule has 1 unspecified atom stereocenters. The average molecular weight is 394 g/mol. The van der Waals surface area contributed by atoms with Crippen molar-refractivity contribution in [2.75, 3.05) is 11.9 Å². The van der Waals surface area contributed by atoms with Crippen LogP contribution in [-0.4, -0.2) is 46.2 Å². The first-order valence-corrected chi connectivity index (χ1v) is 9.43. The number of aliphatic carboxylic acids is 1. The summed E-state index contributed by atoms with van der Waals surface area (Å²) in [6, 6.07) is 11.9. The van der Waals surface area contributed by atoms with Gasteiger partial charge in [-0.05, 0) is 56.5 Å². The van der Waals surface area contributed by atoms with Crippen molar-refractivity contribution in [1.82, 2.24) is 4.90 Å². The molecule has 1 atom stereocenters. The molecule has 1 aliphatic heterocycles. The Labute approximate surface area is 168 Å². The van der Waals surface area contributed by atoms with Crippen LogP contribution in [0.5, 0.6) is 0 Å². The van der Waals surface area contributed by atoms with Gasteiger partial charge in [-0.1, -0.05) is 18.2 Å². The van der Waals surface area contributed by atoms with Gasteiger partial charge in [0.15, 0.2) is 5.78 Å². The molecule has 150 valence electrons. The lowest BCUT2D eigenvalue weighted by molar-refractivity contribution is -0.143. The zero-order chi connectivity index (χ0) is 21.0. The molecule has 2 N–H and O–H groups in total. The van der Waals surface area contributed by atoms with Gasteiger partial charge in [0.25, 0.3) is 11.8 Å². The van der Waals surface area contributed by atoms with Crippen molar-refractivity contribution >= 4 is 29.3 Å². The van der Waals surface area contributed by atoms with Crippen LogP contribution in [-0.2, 0) is 4.79 Å². The summed E-state index contributed by atoms with van der Waals surface area (Å²) < 4.78 is 0. The number of likely N-dealkylation sites (tertiary alicyclic amines) is 1. The summed E-state index contributed by atoms with van der Waals surface area (Å²) >= 11 is 0. The number of nitrogens with zero attached hydrogens (tertiary/aromatic N) is 1. The summed E-state index contributed by atoms with van der Waals surface area (Å²) in [5.41, 5.74) is 1.65. The van der Waals surface area contributed by atoms with Gasteiger partial charge in [-0.25, -0.2) is 4.79 Å². The number of piperidine rings is 1. The Morgan fingerprint density at radius 3 is 2.31 bits per heavy atom. The van der Waals surface area contributed by atoms with Crippen molar-refractivity contribution in [2.24, 2.45) is 0 Å². The van der Waals surface area contributed by atoms with Crippen LogP contribution in [0.1, 0.15) is 57.3 Å². The molecule has 0 aromatic heterocycles. The summed E-state index contributed by atoms with van der Waals surface area (Å²) in [4.78, 5) is 49.5. The number of Topliss-reactive ketones (excluding diaryl/α,β-unsaturated/α-hetero) is 1. The van der Waals surface area contributed by atoms with Gasteiger partial charge in [0, 0.05) is 28.9 Å². The maximum absolute atomic E-state index is 12.8. The van der Waals surface area contributed by atoms with Gasteiger partial charge in [0.2, 0.25) is 0 Å². The van der Waals surface area contributed by atoms with Crippen LogP contribution in [0.2, 0.25) is 0 Å². The predicted octanol–water partition coefficient (Wildman–Crippen LogP) is 3.22. The quantitative estimate of drug-likeness (QED) is 0.758. The van der Waals surface area contributed by atoms with Crippen molar-refractivity contribution in [1.29, 1.82) is 0 Å². The standard InChI is InChI=1S/C22H22N2O5/c1-14(25)15-8-10-16(11-9-15)20(26)23-18-6-4-5-17(13-18)21(27)24-12-3-2-7-19(24)22(28)29/h4-6,8-11,13,19H,2-3,7,12H2,1H3,(H,23,26)(H,28,29). The van der Waals surface area contributed by atoms with Crippen LogP contribution in [0.15, 0.2) is 48.5 Å². The van der Waals surface area contributed by atoms with Gasteiger partial charge in [-0.15, -0.1) is 0 Å². The molecule has 2 aromatic carbocycles. The number of nitrogens with one attached hydrogen (secondary N) is 1. The van der Waals surface area contributed by atoms with Crippen LogP contribution in [0.25, 0.3) is 0 Å². The minimum Gasteiger partial charge on any atom is -0.480 e. The molecule has 1 aliphatic rings. The number of carboxylic acids is 1. The van der Waals surface area contributed by atoms with E-state index in [1.165, 1.54) is 17.9 Å². The Hall–Kier alpha value is -3.48. The number of carbonyl (C=O) groups is 4. The summed E-state index contributed by atoms with van der Waals surface area (Å²) in [5.74, 6) is -1.82. The summed E-state index contributed by atoms with van der Waals surface area (Å²) in [6.07, 6.45) is 1.98. The Balaban J connectivity index is 1.75. The van der Waals surface area contributed by atoms with Gasteiger partial charge in [-0.2, -0.15) is 0 Å². The Morgan fingerprint density at radius 1 is 0.966 bits per heavy atom. The maximum atomic E-state index is 12.8. The van der Waals surface area contributed by atoms with Gasteiger partial charge in [0.05, 0.1) is 0 Å². The second kappa shape index (κ2) is 8.68.